The van der Waals surface area contributed by atoms with E-state index in [9.17, 15) is 0 Å². The Morgan fingerprint density at radius 1 is 0.864 bits per heavy atom. The molecule has 0 radical (unpaired) electrons. The van der Waals surface area contributed by atoms with Gasteiger partial charge >= 0.3 is 0 Å². The molecule has 0 aliphatic heterocycles. The number of aryl methyl sites for hydroxylation is 3. The van der Waals surface area contributed by atoms with Crippen LogP contribution in [0, 0.1) is 20.8 Å². The zero-order valence-corrected chi connectivity index (χ0v) is 13.4. The lowest BCUT2D eigenvalue weighted by atomic mass is 9.84. The van der Waals surface area contributed by atoms with Crippen molar-refractivity contribution in [2.75, 3.05) is 0 Å². The fourth-order valence-electron chi connectivity index (χ4n) is 3.90. The topological polar surface area (TPSA) is 0 Å². The maximum absolute atomic E-state index is 4.19. The Morgan fingerprint density at radius 3 is 2.41 bits per heavy atom. The third kappa shape index (κ3) is 1.70. The molecule has 2 aliphatic carbocycles. The van der Waals surface area contributed by atoms with Gasteiger partial charge in [-0.1, -0.05) is 55.1 Å². The smallest absolute Gasteiger partial charge is 0.0287 e. The van der Waals surface area contributed by atoms with Crippen LogP contribution in [0.2, 0.25) is 0 Å². The van der Waals surface area contributed by atoms with Gasteiger partial charge in [0.1, 0.15) is 0 Å². The second-order valence-electron chi connectivity index (χ2n) is 6.48. The van der Waals surface area contributed by atoms with Gasteiger partial charge in [-0.05, 0) is 70.2 Å². The highest BCUT2D eigenvalue weighted by Crippen LogP contribution is 2.43. The van der Waals surface area contributed by atoms with Crippen molar-refractivity contribution in [1.29, 1.82) is 0 Å². The van der Waals surface area contributed by atoms with E-state index in [-0.39, 0.29) is 0 Å². The van der Waals surface area contributed by atoms with E-state index in [4.69, 9.17) is 0 Å². The molecule has 0 heterocycles. The van der Waals surface area contributed by atoms with Crippen LogP contribution in [0.3, 0.4) is 0 Å². The Bertz CT molecular complexity index is 968. The lowest BCUT2D eigenvalue weighted by Gasteiger charge is -2.19. The van der Waals surface area contributed by atoms with Gasteiger partial charge in [-0.15, -0.1) is 0 Å². The van der Waals surface area contributed by atoms with Crippen molar-refractivity contribution in [2.45, 2.75) is 26.7 Å². The summed E-state index contributed by atoms with van der Waals surface area (Å²) in [5.41, 5.74) is 9.77. The molecule has 0 nitrogen and oxygen atoms in total. The fourth-order valence-corrected chi connectivity index (χ4v) is 3.90. The summed E-state index contributed by atoms with van der Waals surface area (Å²) in [6.45, 7) is 10.8. The first-order valence-electron chi connectivity index (χ1n) is 7.87. The van der Waals surface area contributed by atoms with Gasteiger partial charge in [-0.3, -0.25) is 0 Å². The predicted molar refractivity (Wildman–Crippen MR) is 96.1 cm³/mol. The Hall–Kier alpha value is -2.34. The first-order chi connectivity index (χ1) is 10.6. The Morgan fingerprint density at radius 2 is 1.59 bits per heavy atom. The third-order valence-electron chi connectivity index (χ3n) is 5.09. The van der Waals surface area contributed by atoms with Crippen molar-refractivity contribution >= 4 is 24.3 Å². The number of allylic oxidation sites excluding steroid dienone is 3. The van der Waals surface area contributed by atoms with E-state index in [1.54, 1.807) is 0 Å². The molecule has 4 rings (SSSR count). The van der Waals surface area contributed by atoms with Crippen LogP contribution >= 0.6 is 0 Å². The van der Waals surface area contributed by atoms with Gasteiger partial charge in [0.05, 0.1) is 0 Å². The highest BCUT2D eigenvalue weighted by atomic mass is 14.3. The number of rotatable bonds is 1. The molecule has 0 saturated heterocycles. The average molecular weight is 284 g/mol. The summed E-state index contributed by atoms with van der Waals surface area (Å²) in [6.07, 6.45) is 9.17. The van der Waals surface area contributed by atoms with Crippen LogP contribution in [-0.4, -0.2) is 0 Å². The van der Waals surface area contributed by atoms with E-state index >= 15 is 0 Å². The van der Waals surface area contributed by atoms with Gasteiger partial charge < -0.3 is 0 Å². The number of benzene rings is 2. The summed E-state index contributed by atoms with van der Waals surface area (Å²) in [6, 6.07) is 8.79. The standard InChI is InChI=1S/C22H20/c1-13-5-7-15(3)21-17(13)9-11-19(21)20-12-10-18-14(2)6-8-16(4)22(18)20/h5-12,20H,1H2,2-4H3. The second-order valence-corrected chi connectivity index (χ2v) is 6.48. The van der Waals surface area contributed by atoms with Gasteiger partial charge in [0, 0.05) is 5.92 Å². The Labute approximate surface area is 131 Å². The summed E-state index contributed by atoms with van der Waals surface area (Å²) < 4.78 is 0. The van der Waals surface area contributed by atoms with Crippen molar-refractivity contribution < 1.29 is 0 Å². The minimum atomic E-state index is 0.368. The second kappa shape index (κ2) is 4.58. The SMILES string of the molecule is C=c1ccc(C)c2c1=CC=C2C1C=Cc2c(C)ccc(C)c21. The van der Waals surface area contributed by atoms with E-state index < -0.39 is 0 Å². The van der Waals surface area contributed by atoms with Gasteiger partial charge in [0.2, 0.25) is 0 Å². The van der Waals surface area contributed by atoms with E-state index in [2.05, 4.69) is 75.9 Å². The quantitative estimate of drug-likeness (QED) is 0.742. The van der Waals surface area contributed by atoms with E-state index in [1.807, 2.05) is 0 Å². The fraction of sp³-hybridized carbons (Fsp3) is 0.182. The highest BCUT2D eigenvalue weighted by Gasteiger charge is 2.27. The summed E-state index contributed by atoms with van der Waals surface area (Å²) in [5.74, 6) is 0.368. The highest BCUT2D eigenvalue weighted by molar-refractivity contribution is 5.88. The average Bonchev–Trinajstić information content (AvgIpc) is 3.11. The number of fused-ring (bicyclic) bond motifs is 2. The van der Waals surface area contributed by atoms with Gasteiger partial charge in [0.15, 0.2) is 0 Å². The molecule has 0 heteroatoms. The van der Waals surface area contributed by atoms with Crippen molar-refractivity contribution in [3.05, 3.63) is 80.2 Å². The Balaban J connectivity index is 1.92. The van der Waals surface area contributed by atoms with Gasteiger partial charge in [-0.25, -0.2) is 0 Å². The molecule has 2 aliphatic rings. The lowest BCUT2D eigenvalue weighted by Crippen LogP contribution is -2.26. The molecule has 0 spiro atoms. The van der Waals surface area contributed by atoms with Crippen LogP contribution < -0.4 is 10.4 Å². The normalized spacial score (nSPS) is 18.0. The van der Waals surface area contributed by atoms with Crippen LogP contribution in [-0.2, 0) is 0 Å². The third-order valence-corrected chi connectivity index (χ3v) is 5.09. The van der Waals surface area contributed by atoms with Gasteiger partial charge in [-0.2, -0.15) is 0 Å². The molecule has 108 valence electrons. The molecule has 1 atom stereocenters. The molecule has 2 aromatic rings. The van der Waals surface area contributed by atoms with Crippen LogP contribution in [0.15, 0.2) is 36.4 Å². The van der Waals surface area contributed by atoms with Crippen molar-refractivity contribution in [2.24, 2.45) is 0 Å². The van der Waals surface area contributed by atoms with Crippen molar-refractivity contribution in [1.82, 2.24) is 0 Å². The molecule has 22 heavy (non-hydrogen) atoms. The van der Waals surface area contributed by atoms with E-state index in [0.29, 0.717) is 5.92 Å². The molecular formula is C22H20. The molecule has 0 fully saturated rings. The molecule has 0 saturated carbocycles. The molecule has 0 bridgehead atoms. The summed E-state index contributed by atoms with van der Waals surface area (Å²) in [7, 11) is 0. The van der Waals surface area contributed by atoms with Crippen LogP contribution in [0.4, 0.5) is 0 Å². The first kappa shape index (κ1) is 13.3. The predicted octanol–water partition coefficient (Wildman–Crippen LogP) is 4.01. The van der Waals surface area contributed by atoms with Crippen LogP contribution in [0.25, 0.3) is 24.3 Å². The summed E-state index contributed by atoms with van der Waals surface area (Å²) in [4.78, 5) is 0. The van der Waals surface area contributed by atoms with Gasteiger partial charge in [0.25, 0.3) is 0 Å². The maximum atomic E-state index is 4.19. The van der Waals surface area contributed by atoms with E-state index in [1.165, 1.54) is 44.2 Å². The number of hydrogen-bond acceptors (Lipinski definition) is 0. The van der Waals surface area contributed by atoms with E-state index in [0.717, 1.165) is 5.22 Å². The van der Waals surface area contributed by atoms with Crippen molar-refractivity contribution in [3.8, 4) is 0 Å². The first-order valence-corrected chi connectivity index (χ1v) is 7.87. The summed E-state index contributed by atoms with van der Waals surface area (Å²) in [5, 5.41) is 2.41. The monoisotopic (exact) mass is 284 g/mol. The molecule has 1 unspecified atom stereocenters. The maximum Gasteiger partial charge on any atom is 0.0287 e. The van der Waals surface area contributed by atoms with Crippen LogP contribution in [0.5, 0.6) is 0 Å². The molecule has 0 aromatic heterocycles. The molecular weight excluding hydrogens is 264 g/mol. The zero-order valence-electron chi connectivity index (χ0n) is 13.4. The minimum absolute atomic E-state index is 0.368. The molecule has 2 aromatic carbocycles. The van der Waals surface area contributed by atoms with Crippen molar-refractivity contribution in [3.63, 3.8) is 0 Å². The Kier molecular flexibility index (Phi) is 2.77. The molecule has 0 N–H and O–H groups in total. The minimum Gasteiger partial charge on any atom is -0.0911 e. The number of hydrogen-bond donors (Lipinski definition) is 0. The summed E-state index contributed by atoms with van der Waals surface area (Å²) >= 11 is 0. The zero-order chi connectivity index (χ0) is 15.4. The largest absolute Gasteiger partial charge is 0.0911 e. The van der Waals surface area contributed by atoms with Crippen LogP contribution in [0.1, 0.15) is 39.3 Å². The lowest BCUT2D eigenvalue weighted by molar-refractivity contribution is 1.09. The molecule has 0 amide bonds.